The molecule has 0 aromatic carbocycles. The maximum absolute atomic E-state index is 5.99. The Kier molecular flexibility index (Phi) is 5.06. The molecule has 2 unspecified atom stereocenters. The van der Waals surface area contributed by atoms with E-state index in [1.54, 1.807) is 0 Å². The van der Waals surface area contributed by atoms with Crippen LogP contribution in [0.2, 0.25) is 0 Å². The van der Waals surface area contributed by atoms with Gasteiger partial charge in [0.1, 0.15) is 0 Å². The van der Waals surface area contributed by atoms with E-state index in [4.69, 9.17) is 9.47 Å². The largest absolute Gasteiger partial charge is 0.381 e. The molecule has 1 aliphatic heterocycles. The van der Waals surface area contributed by atoms with Crippen LogP contribution in [0.15, 0.2) is 0 Å². The molecule has 4 rings (SSSR count). The monoisotopic (exact) mass is 349 g/mol. The van der Waals surface area contributed by atoms with Crippen LogP contribution in [0, 0.1) is 11.3 Å². The van der Waals surface area contributed by atoms with E-state index in [9.17, 15) is 0 Å². The number of aromatic nitrogens is 4. The second kappa shape index (κ2) is 7.29. The lowest BCUT2D eigenvalue weighted by atomic mass is 9.50. The molecule has 0 bridgehead atoms. The fourth-order valence-electron chi connectivity index (χ4n) is 5.01. The first-order valence-electron chi connectivity index (χ1n) is 9.87. The van der Waals surface area contributed by atoms with Gasteiger partial charge in [-0.05, 0) is 62.4 Å². The SMILES string of the molecule is CCOC1CC(N(C)Cc2nnnn2CC2CCOCC2)C12CCC2. The zero-order valence-corrected chi connectivity index (χ0v) is 15.6. The van der Waals surface area contributed by atoms with Gasteiger partial charge in [0.15, 0.2) is 5.82 Å². The van der Waals surface area contributed by atoms with Crippen molar-refractivity contribution in [2.24, 2.45) is 11.3 Å². The van der Waals surface area contributed by atoms with Crippen LogP contribution in [-0.2, 0) is 22.6 Å². The Morgan fingerprint density at radius 1 is 1.32 bits per heavy atom. The molecule has 25 heavy (non-hydrogen) atoms. The van der Waals surface area contributed by atoms with Crippen molar-refractivity contribution in [3.8, 4) is 0 Å². The molecular weight excluding hydrogens is 318 g/mol. The molecule has 1 aromatic rings. The standard InChI is InChI=1S/C18H31N5O2/c1-3-25-16-11-15(18(16)7-4-8-18)22(2)13-17-19-20-21-23(17)12-14-5-9-24-10-6-14/h14-16H,3-13H2,1-2H3. The summed E-state index contributed by atoms with van der Waals surface area (Å²) >= 11 is 0. The predicted molar refractivity (Wildman–Crippen MR) is 92.9 cm³/mol. The molecule has 0 radical (unpaired) electrons. The van der Waals surface area contributed by atoms with E-state index in [0.29, 0.717) is 23.5 Å². The van der Waals surface area contributed by atoms with Crippen molar-refractivity contribution in [2.45, 2.75) is 70.7 Å². The quantitative estimate of drug-likeness (QED) is 0.749. The highest BCUT2D eigenvalue weighted by Crippen LogP contribution is 2.59. The third kappa shape index (κ3) is 3.22. The van der Waals surface area contributed by atoms with Gasteiger partial charge in [0.25, 0.3) is 0 Å². The summed E-state index contributed by atoms with van der Waals surface area (Å²) in [7, 11) is 2.22. The van der Waals surface area contributed by atoms with E-state index in [1.807, 2.05) is 4.68 Å². The normalized spacial score (nSPS) is 28.9. The average Bonchev–Trinajstić information content (AvgIpc) is 2.97. The summed E-state index contributed by atoms with van der Waals surface area (Å²) in [5.74, 6) is 1.62. The third-order valence-corrected chi connectivity index (χ3v) is 6.70. The highest BCUT2D eigenvalue weighted by Gasteiger charge is 2.60. The zero-order chi connectivity index (χ0) is 17.3. The summed E-state index contributed by atoms with van der Waals surface area (Å²) < 4.78 is 13.5. The van der Waals surface area contributed by atoms with E-state index in [1.165, 1.54) is 19.3 Å². The van der Waals surface area contributed by atoms with E-state index in [0.717, 1.165) is 58.0 Å². The van der Waals surface area contributed by atoms with Gasteiger partial charge in [-0.2, -0.15) is 0 Å². The van der Waals surface area contributed by atoms with Gasteiger partial charge in [0.05, 0.1) is 12.6 Å². The van der Waals surface area contributed by atoms with Crippen LogP contribution in [0.25, 0.3) is 0 Å². The number of hydrogen-bond donors (Lipinski definition) is 0. The molecule has 2 saturated carbocycles. The molecule has 1 saturated heterocycles. The molecule has 0 amide bonds. The van der Waals surface area contributed by atoms with Gasteiger partial charge in [-0.1, -0.05) is 6.42 Å². The highest BCUT2D eigenvalue weighted by atomic mass is 16.5. The molecule has 2 atom stereocenters. The highest BCUT2D eigenvalue weighted by molar-refractivity contribution is 5.12. The lowest BCUT2D eigenvalue weighted by Crippen LogP contribution is -2.66. The van der Waals surface area contributed by atoms with Crippen LogP contribution >= 0.6 is 0 Å². The Bertz CT molecular complexity index is 568. The van der Waals surface area contributed by atoms with Crippen molar-refractivity contribution in [3.05, 3.63) is 5.82 Å². The van der Waals surface area contributed by atoms with Crippen LogP contribution in [0.4, 0.5) is 0 Å². The Morgan fingerprint density at radius 2 is 2.12 bits per heavy atom. The van der Waals surface area contributed by atoms with Crippen molar-refractivity contribution >= 4 is 0 Å². The summed E-state index contributed by atoms with van der Waals surface area (Å²) in [6.07, 6.45) is 7.77. The fourth-order valence-corrected chi connectivity index (χ4v) is 5.01. The Hall–Kier alpha value is -1.05. The first-order valence-corrected chi connectivity index (χ1v) is 9.87. The van der Waals surface area contributed by atoms with Gasteiger partial charge in [-0.25, -0.2) is 4.68 Å². The molecule has 7 nitrogen and oxygen atoms in total. The van der Waals surface area contributed by atoms with Gasteiger partial charge in [-0.15, -0.1) is 5.10 Å². The van der Waals surface area contributed by atoms with Gasteiger partial charge < -0.3 is 9.47 Å². The zero-order valence-electron chi connectivity index (χ0n) is 15.6. The summed E-state index contributed by atoms with van der Waals surface area (Å²) in [6, 6.07) is 0.603. The van der Waals surface area contributed by atoms with Gasteiger partial charge in [0.2, 0.25) is 0 Å². The van der Waals surface area contributed by atoms with Crippen LogP contribution in [-0.4, -0.2) is 64.1 Å². The molecule has 3 fully saturated rings. The van der Waals surface area contributed by atoms with Crippen molar-refractivity contribution in [2.75, 3.05) is 26.9 Å². The number of hydrogen-bond acceptors (Lipinski definition) is 6. The molecular formula is C18H31N5O2. The first kappa shape index (κ1) is 17.4. The molecule has 140 valence electrons. The summed E-state index contributed by atoms with van der Waals surface area (Å²) in [5, 5.41) is 12.5. The summed E-state index contributed by atoms with van der Waals surface area (Å²) in [4.78, 5) is 2.46. The summed E-state index contributed by atoms with van der Waals surface area (Å²) in [6.45, 7) is 6.40. The van der Waals surface area contributed by atoms with E-state index < -0.39 is 0 Å². The molecule has 7 heteroatoms. The topological polar surface area (TPSA) is 65.3 Å². The van der Waals surface area contributed by atoms with E-state index in [2.05, 4.69) is 34.4 Å². The van der Waals surface area contributed by atoms with Crippen molar-refractivity contribution in [3.63, 3.8) is 0 Å². The van der Waals surface area contributed by atoms with Gasteiger partial charge >= 0.3 is 0 Å². The van der Waals surface area contributed by atoms with Crippen molar-refractivity contribution in [1.29, 1.82) is 0 Å². The second-order valence-corrected chi connectivity index (χ2v) is 8.03. The number of nitrogens with zero attached hydrogens (tertiary/aromatic N) is 5. The van der Waals surface area contributed by atoms with E-state index in [-0.39, 0.29) is 0 Å². The molecule has 2 aliphatic carbocycles. The molecule has 1 spiro atoms. The fraction of sp³-hybridized carbons (Fsp3) is 0.944. The van der Waals surface area contributed by atoms with Crippen LogP contribution < -0.4 is 0 Å². The lowest BCUT2D eigenvalue weighted by molar-refractivity contribution is -0.201. The Labute approximate surface area is 150 Å². The minimum Gasteiger partial charge on any atom is -0.381 e. The van der Waals surface area contributed by atoms with Gasteiger partial charge in [-0.3, -0.25) is 4.90 Å². The number of tetrazole rings is 1. The first-order chi connectivity index (χ1) is 12.2. The van der Waals surface area contributed by atoms with Crippen molar-refractivity contribution < 1.29 is 9.47 Å². The van der Waals surface area contributed by atoms with Crippen LogP contribution in [0.1, 0.15) is 51.3 Å². The van der Waals surface area contributed by atoms with E-state index >= 15 is 0 Å². The molecule has 0 N–H and O–H groups in total. The van der Waals surface area contributed by atoms with Gasteiger partial charge in [0, 0.05) is 37.8 Å². The smallest absolute Gasteiger partial charge is 0.165 e. The average molecular weight is 349 g/mol. The second-order valence-electron chi connectivity index (χ2n) is 8.03. The van der Waals surface area contributed by atoms with Crippen LogP contribution in [0.3, 0.4) is 0 Å². The lowest BCUT2D eigenvalue weighted by Gasteiger charge is -2.63. The minimum absolute atomic E-state index is 0.393. The summed E-state index contributed by atoms with van der Waals surface area (Å²) in [5.41, 5.74) is 0.393. The Balaban J connectivity index is 1.37. The number of rotatable bonds is 7. The maximum Gasteiger partial charge on any atom is 0.165 e. The Morgan fingerprint density at radius 3 is 2.80 bits per heavy atom. The maximum atomic E-state index is 5.99. The van der Waals surface area contributed by atoms with Crippen LogP contribution in [0.5, 0.6) is 0 Å². The predicted octanol–water partition coefficient (Wildman–Crippen LogP) is 1.88. The molecule has 2 heterocycles. The minimum atomic E-state index is 0.393. The molecule has 3 aliphatic rings. The third-order valence-electron chi connectivity index (χ3n) is 6.70. The molecule has 1 aromatic heterocycles. The van der Waals surface area contributed by atoms with Crippen molar-refractivity contribution in [1.82, 2.24) is 25.1 Å². The number of ether oxygens (including phenoxy) is 2.